The molecular weight excluding hydrogens is 186 g/mol. The van der Waals surface area contributed by atoms with E-state index >= 15 is 0 Å². The standard InChI is InChI=1S/C13H25NO/c1-9(2)13-8-11(4-5-15-13)14-12-6-10(3)7-12/h9-14H,4-8H2,1-3H3. The minimum absolute atomic E-state index is 0.480. The lowest BCUT2D eigenvalue weighted by atomic mass is 9.81. The predicted molar refractivity (Wildman–Crippen MR) is 62.9 cm³/mol. The molecule has 15 heavy (non-hydrogen) atoms. The second-order valence-corrected chi connectivity index (χ2v) is 5.81. The molecule has 2 nitrogen and oxygen atoms in total. The summed E-state index contributed by atoms with van der Waals surface area (Å²) in [5.74, 6) is 1.61. The Balaban J connectivity index is 1.73. The van der Waals surface area contributed by atoms with Crippen molar-refractivity contribution in [3.8, 4) is 0 Å². The molecule has 1 saturated heterocycles. The van der Waals surface area contributed by atoms with Gasteiger partial charge in [0.1, 0.15) is 0 Å². The molecule has 2 atom stereocenters. The van der Waals surface area contributed by atoms with Crippen molar-refractivity contribution in [2.45, 2.75) is 64.6 Å². The van der Waals surface area contributed by atoms with Gasteiger partial charge >= 0.3 is 0 Å². The topological polar surface area (TPSA) is 21.3 Å². The Hall–Kier alpha value is -0.0800. The predicted octanol–water partition coefficient (Wildman–Crippen LogP) is 2.58. The maximum absolute atomic E-state index is 5.78. The van der Waals surface area contributed by atoms with E-state index < -0.39 is 0 Å². The Kier molecular flexibility index (Phi) is 3.68. The van der Waals surface area contributed by atoms with Crippen LogP contribution in [0.15, 0.2) is 0 Å². The summed E-state index contributed by atoms with van der Waals surface area (Å²) in [6.07, 6.45) is 5.65. The molecule has 88 valence electrons. The van der Waals surface area contributed by atoms with Crippen LogP contribution in [0.4, 0.5) is 0 Å². The number of hydrogen-bond donors (Lipinski definition) is 1. The summed E-state index contributed by atoms with van der Waals surface area (Å²) in [6, 6.07) is 1.51. The van der Waals surface area contributed by atoms with Crippen molar-refractivity contribution in [2.75, 3.05) is 6.61 Å². The molecule has 1 saturated carbocycles. The zero-order valence-corrected chi connectivity index (χ0v) is 10.3. The van der Waals surface area contributed by atoms with Gasteiger partial charge in [-0.15, -0.1) is 0 Å². The van der Waals surface area contributed by atoms with Crippen LogP contribution in [0.5, 0.6) is 0 Å². The summed E-state index contributed by atoms with van der Waals surface area (Å²) in [7, 11) is 0. The molecule has 0 amide bonds. The van der Waals surface area contributed by atoms with Crippen molar-refractivity contribution in [3.05, 3.63) is 0 Å². The van der Waals surface area contributed by atoms with E-state index in [0.717, 1.165) is 18.6 Å². The quantitative estimate of drug-likeness (QED) is 0.774. The summed E-state index contributed by atoms with van der Waals surface area (Å²) in [6.45, 7) is 7.82. The number of hydrogen-bond acceptors (Lipinski definition) is 2. The van der Waals surface area contributed by atoms with Gasteiger partial charge in [0.15, 0.2) is 0 Å². The molecule has 0 aromatic rings. The molecule has 0 aromatic carbocycles. The number of nitrogens with one attached hydrogen (secondary N) is 1. The van der Waals surface area contributed by atoms with E-state index in [0.29, 0.717) is 18.1 Å². The first-order valence-corrected chi connectivity index (χ1v) is 6.52. The Morgan fingerprint density at radius 3 is 2.47 bits per heavy atom. The molecule has 2 fully saturated rings. The van der Waals surface area contributed by atoms with Gasteiger partial charge in [0.25, 0.3) is 0 Å². The Morgan fingerprint density at radius 2 is 1.87 bits per heavy atom. The number of rotatable bonds is 3. The monoisotopic (exact) mass is 211 g/mol. The summed E-state index contributed by atoms with van der Waals surface area (Å²) >= 11 is 0. The van der Waals surface area contributed by atoms with Crippen molar-refractivity contribution < 1.29 is 4.74 Å². The smallest absolute Gasteiger partial charge is 0.0612 e. The van der Waals surface area contributed by atoms with Gasteiger partial charge in [0.05, 0.1) is 6.10 Å². The average Bonchev–Trinajstić information content (AvgIpc) is 2.16. The van der Waals surface area contributed by atoms with E-state index in [1.165, 1.54) is 25.7 Å². The lowest BCUT2D eigenvalue weighted by Gasteiger charge is -2.40. The fraction of sp³-hybridized carbons (Fsp3) is 1.00. The van der Waals surface area contributed by atoms with Gasteiger partial charge in [0.2, 0.25) is 0 Å². The third-order valence-corrected chi connectivity index (χ3v) is 3.90. The molecule has 1 aliphatic heterocycles. The first-order valence-electron chi connectivity index (χ1n) is 6.52. The largest absolute Gasteiger partial charge is 0.378 e. The summed E-state index contributed by atoms with van der Waals surface area (Å²) in [4.78, 5) is 0. The normalized spacial score (nSPS) is 41.6. The van der Waals surface area contributed by atoms with Crippen LogP contribution in [0.25, 0.3) is 0 Å². The lowest BCUT2D eigenvalue weighted by molar-refractivity contribution is -0.0284. The third kappa shape index (κ3) is 2.94. The molecule has 1 N–H and O–H groups in total. The summed E-state index contributed by atoms with van der Waals surface area (Å²) in [5, 5.41) is 3.79. The van der Waals surface area contributed by atoms with Crippen LogP contribution in [-0.4, -0.2) is 24.8 Å². The van der Waals surface area contributed by atoms with E-state index in [1.807, 2.05) is 0 Å². The third-order valence-electron chi connectivity index (χ3n) is 3.90. The highest BCUT2D eigenvalue weighted by Gasteiger charge is 2.30. The maximum Gasteiger partial charge on any atom is 0.0612 e. The van der Waals surface area contributed by atoms with Crippen molar-refractivity contribution in [1.82, 2.24) is 5.32 Å². The average molecular weight is 211 g/mol. The fourth-order valence-corrected chi connectivity index (χ4v) is 2.82. The molecule has 2 unspecified atom stereocenters. The molecular formula is C13H25NO. The van der Waals surface area contributed by atoms with E-state index in [2.05, 4.69) is 26.1 Å². The molecule has 0 bridgehead atoms. The van der Waals surface area contributed by atoms with Crippen LogP contribution in [0.1, 0.15) is 46.5 Å². The van der Waals surface area contributed by atoms with Crippen molar-refractivity contribution in [3.63, 3.8) is 0 Å². The fourth-order valence-electron chi connectivity index (χ4n) is 2.82. The van der Waals surface area contributed by atoms with Crippen LogP contribution < -0.4 is 5.32 Å². The van der Waals surface area contributed by atoms with Gasteiger partial charge in [-0.1, -0.05) is 20.8 Å². The first-order chi connectivity index (χ1) is 7.15. The van der Waals surface area contributed by atoms with E-state index in [9.17, 15) is 0 Å². The minimum atomic E-state index is 0.480. The zero-order chi connectivity index (χ0) is 10.8. The van der Waals surface area contributed by atoms with Gasteiger partial charge < -0.3 is 10.1 Å². The first kappa shape index (κ1) is 11.4. The van der Waals surface area contributed by atoms with E-state index in [1.54, 1.807) is 0 Å². The van der Waals surface area contributed by atoms with Gasteiger partial charge in [-0.25, -0.2) is 0 Å². The van der Waals surface area contributed by atoms with Crippen molar-refractivity contribution in [1.29, 1.82) is 0 Å². The summed E-state index contributed by atoms with van der Waals surface area (Å²) < 4.78 is 5.78. The molecule has 2 heteroatoms. The molecule has 0 radical (unpaired) electrons. The van der Waals surface area contributed by atoms with Crippen LogP contribution in [0.2, 0.25) is 0 Å². The molecule has 0 spiro atoms. The van der Waals surface area contributed by atoms with E-state index in [4.69, 9.17) is 4.74 Å². The van der Waals surface area contributed by atoms with Crippen LogP contribution in [0.3, 0.4) is 0 Å². The van der Waals surface area contributed by atoms with Gasteiger partial charge in [-0.2, -0.15) is 0 Å². The van der Waals surface area contributed by atoms with Gasteiger partial charge in [0, 0.05) is 18.7 Å². The summed E-state index contributed by atoms with van der Waals surface area (Å²) in [5.41, 5.74) is 0. The molecule has 1 aliphatic carbocycles. The van der Waals surface area contributed by atoms with Crippen LogP contribution in [0, 0.1) is 11.8 Å². The van der Waals surface area contributed by atoms with Crippen molar-refractivity contribution >= 4 is 0 Å². The highest BCUT2D eigenvalue weighted by Crippen LogP contribution is 2.28. The molecule has 0 aromatic heterocycles. The van der Waals surface area contributed by atoms with Crippen LogP contribution in [-0.2, 0) is 4.74 Å². The SMILES string of the molecule is CC1CC(NC2CCOC(C(C)C)C2)C1. The minimum Gasteiger partial charge on any atom is -0.378 e. The second kappa shape index (κ2) is 4.84. The Morgan fingerprint density at radius 1 is 1.13 bits per heavy atom. The van der Waals surface area contributed by atoms with E-state index in [-0.39, 0.29) is 0 Å². The van der Waals surface area contributed by atoms with Gasteiger partial charge in [-0.05, 0) is 37.5 Å². The highest BCUT2D eigenvalue weighted by molar-refractivity contribution is 4.87. The van der Waals surface area contributed by atoms with Gasteiger partial charge in [-0.3, -0.25) is 0 Å². The molecule has 1 heterocycles. The van der Waals surface area contributed by atoms with Crippen LogP contribution >= 0.6 is 0 Å². The Labute approximate surface area is 93.8 Å². The maximum atomic E-state index is 5.78. The number of ether oxygens (including phenoxy) is 1. The Bertz CT molecular complexity index is 199. The molecule has 2 rings (SSSR count). The second-order valence-electron chi connectivity index (χ2n) is 5.81. The highest BCUT2D eigenvalue weighted by atomic mass is 16.5. The lowest BCUT2D eigenvalue weighted by Crippen LogP contribution is -2.49. The zero-order valence-electron chi connectivity index (χ0n) is 10.3. The molecule has 2 aliphatic rings. The van der Waals surface area contributed by atoms with Crippen molar-refractivity contribution in [2.24, 2.45) is 11.8 Å².